The molecule has 1 fully saturated rings. The first kappa shape index (κ1) is 15.7. The molecule has 0 saturated carbocycles. The van der Waals surface area contributed by atoms with Gasteiger partial charge in [-0.15, -0.1) is 0 Å². The van der Waals surface area contributed by atoms with Gasteiger partial charge in [-0.3, -0.25) is 0 Å². The minimum absolute atomic E-state index is 0.0257. The van der Waals surface area contributed by atoms with Gasteiger partial charge < -0.3 is 15.7 Å². The van der Waals surface area contributed by atoms with Gasteiger partial charge in [0.1, 0.15) is 4.90 Å². The quantitative estimate of drug-likeness (QED) is 0.775. The molecule has 3 N–H and O–H groups in total. The van der Waals surface area contributed by atoms with Crippen molar-refractivity contribution < 1.29 is 18.3 Å². The van der Waals surface area contributed by atoms with Crippen LogP contribution in [0.25, 0.3) is 0 Å². The molecule has 0 unspecified atom stereocenters. The molecule has 1 aliphatic heterocycles. The van der Waals surface area contributed by atoms with E-state index >= 15 is 0 Å². The Morgan fingerprint density at radius 2 is 1.90 bits per heavy atom. The van der Waals surface area contributed by atoms with E-state index in [0.717, 1.165) is 6.54 Å². The number of sulfonamides is 1. The number of aromatic carboxylic acids is 1. The van der Waals surface area contributed by atoms with E-state index in [-0.39, 0.29) is 16.1 Å². The number of benzene rings is 1. The first-order chi connectivity index (χ1) is 9.86. The van der Waals surface area contributed by atoms with E-state index in [2.05, 4.69) is 4.90 Å². The number of hydrogen-bond donors (Lipinski definition) is 2. The van der Waals surface area contributed by atoms with Crippen LogP contribution in [-0.4, -0.2) is 61.4 Å². The van der Waals surface area contributed by atoms with Crippen molar-refractivity contribution in [1.82, 2.24) is 9.21 Å². The molecular formula is C13H19N3O4S. The van der Waals surface area contributed by atoms with Crippen molar-refractivity contribution in [3.63, 3.8) is 0 Å². The van der Waals surface area contributed by atoms with Crippen LogP contribution in [0.15, 0.2) is 23.1 Å². The van der Waals surface area contributed by atoms with Crippen LogP contribution in [0.4, 0.5) is 5.69 Å². The average Bonchev–Trinajstić information content (AvgIpc) is 2.46. The SMILES string of the molecule is CCN1CCN(S(=O)(=O)c2ccc(C(=O)O)cc2N)CC1. The lowest BCUT2D eigenvalue weighted by Crippen LogP contribution is -2.48. The molecular weight excluding hydrogens is 294 g/mol. The van der Waals surface area contributed by atoms with Crippen LogP contribution in [0.2, 0.25) is 0 Å². The molecule has 21 heavy (non-hydrogen) atoms. The summed E-state index contributed by atoms with van der Waals surface area (Å²) in [4.78, 5) is 13.0. The van der Waals surface area contributed by atoms with E-state index in [9.17, 15) is 13.2 Å². The Hall–Kier alpha value is -1.64. The summed E-state index contributed by atoms with van der Waals surface area (Å²) in [5.74, 6) is -1.14. The lowest BCUT2D eigenvalue weighted by molar-refractivity contribution is 0.0697. The minimum atomic E-state index is -3.68. The number of rotatable bonds is 4. The third-order valence-electron chi connectivity index (χ3n) is 3.65. The Bertz CT molecular complexity index is 637. The van der Waals surface area contributed by atoms with E-state index in [1.165, 1.54) is 22.5 Å². The highest BCUT2D eigenvalue weighted by molar-refractivity contribution is 7.89. The maximum Gasteiger partial charge on any atom is 0.335 e. The largest absolute Gasteiger partial charge is 0.478 e. The lowest BCUT2D eigenvalue weighted by atomic mass is 10.2. The maximum absolute atomic E-state index is 12.6. The first-order valence-electron chi connectivity index (χ1n) is 6.71. The summed E-state index contributed by atoms with van der Waals surface area (Å²) in [6.45, 7) is 5.12. The highest BCUT2D eigenvalue weighted by atomic mass is 32.2. The minimum Gasteiger partial charge on any atom is -0.478 e. The number of carbonyl (C=O) groups is 1. The second kappa shape index (κ2) is 6.00. The van der Waals surface area contributed by atoms with E-state index in [4.69, 9.17) is 10.8 Å². The predicted octanol–water partition coefficient (Wildman–Crippen LogP) is 0.293. The summed E-state index contributed by atoms with van der Waals surface area (Å²) in [5, 5.41) is 8.89. The van der Waals surface area contributed by atoms with Gasteiger partial charge in [-0.25, -0.2) is 13.2 Å². The Morgan fingerprint density at radius 1 is 1.29 bits per heavy atom. The van der Waals surface area contributed by atoms with Crippen LogP contribution in [0, 0.1) is 0 Å². The highest BCUT2D eigenvalue weighted by Gasteiger charge is 2.29. The molecule has 0 aromatic heterocycles. The highest BCUT2D eigenvalue weighted by Crippen LogP contribution is 2.24. The van der Waals surface area contributed by atoms with Gasteiger partial charge in [-0.1, -0.05) is 6.92 Å². The standard InChI is InChI=1S/C13H19N3O4S/c1-2-15-5-7-16(8-6-15)21(19,20)12-4-3-10(13(17)18)9-11(12)14/h3-4,9H,2,5-8,14H2,1H3,(H,17,18). The number of nitrogen functional groups attached to an aromatic ring is 1. The molecule has 0 aliphatic carbocycles. The molecule has 2 rings (SSSR count). The Balaban J connectivity index is 2.26. The number of likely N-dealkylation sites (N-methyl/N-ethyl adjacent to an activating group) is 1. The molecule has 7 nitrogen and oxygen atoms in total. The molecule has 0 radical (unpaired) electrons. The number of carboxylic acid groups (broad SMARTS) is 1. The van der Waals surface area contributed by atoms with Crippen LogP contribution in [0.5, 0.6) is 0 Å². The summed E-state index contributed by atoms with van der Waals surface area (Å²) in [6, 6.07) is 3.70. The van der Waals surface area contributed by atoms with Crippen LogP contribution < -0.4 is 5.73 Å². The van der Waals surface area contributed by atoms with Gasteiger partial charge >= 0.3 is 5.97 Å². The van der Waals surface area contributed by atoms with E-state index in [0.29, 0.717) is 26.2 Å². The molecule has 1 aliphatic rings. The molecule has 1 heterocycles. The Morgan fingerprint density at radius 3 is 2.38 bits per heavy atom. The molecule has 0 spiro atoms. The van der Waals surface area contributed by atoms with Crippen molar-refractivity contribution in [1.29, 1.82) is 0 Å². The fourth-order valence-corrected chi connectivity index (χ4v) is 3.86. The summed E-state index contributed by atoms with van der Waals surface area (Å²) in [6.07, 6.45) is 0. The molecule has 1 saturated heterocycles. The van der Waals surface area contributed by atoms with Gasteiger partial charge in [-0.2, -0.15) is 4.31 Å². The van der Waals surface area contributed by atoms with Crippen molar-refractivity contribution >= 4 is 21.7 Å². The van der Waals surface area contributed by atoms with Crippen molar-refractivity contribution in [3.8, 4) is 0 Å². The molecule has 1 aromatic carbocycles. The van der Waals surface area contributed by atoms with E-state index in [1.807, 2.05) is 6.92 Å². The van der Waals surface area contributed by atoms with Gasteiger partial charge in [0.25, 0.3) is 0 Å². The molecule has 0 bridgehead atoms. The van der Waals surface area contributed by atoms with Crippen molar-refractivity contribution in [3.05, 3.63) is 23.8 Å². The zero-order valence-corrected chi connectivity index (χ0v) is 12.6. The molecule has 1 aromatic rings. The van der Waals surface area contributed by atoms with Crippen molar-refractivity contribution in [2.45, 2.75) is 11.8 Å². The lowest BCUT2D eigenvalue weighted by Gasteiger charge is -2.33. The average molecular weight is 313 g/mol. The monoisotopic (exact) mass is 313 g/mol. The topological polar surface area (TPSA) is 104 Å². The van der Waals surface area contributed by atoms with Crippen molar-refractivity contribution in [2.24, 2.45) is 0 Å². The van der Waals surface area contributed by atoms with Crippen LogP contribution in [-0.2, 0) is 10.0 Å². The Kier molecular flexibility index (Phi) is 4.50. The number of nitrogens with two attached hydrogens (primary N) is 1. The summed E-state index contributed by atoms with van der Waals surface area (Å²) in [5.41, 5.74) is 5.67. The second-order valence-corrected chi connectivity index (χ2v) is 6.80. The summed E-state index contributed by atoms with van der Waals surface area (Å²) in [7, 11) is -3.68. The number of carboxylic acids is 1. The first-order valence-corrected chi connectivity index (χ1v) is 8.15. The molecule has 0 atom stereocenters. The fourth-order valence-electron chi connectivity index (χ4n) is 2.34. The van der Waals surface area contributed by atoms with Crippen LogP contribution >= 0.6 is 0 Å². The fraction of sp³-hybridized carbons (Fsp3) is 0.462. The zero-order chi connectivity index (χ0) is 15.6. The molecule has 116 valence electrons. The van der Waals surface area contributed by atoms with E-state index < -0.39 is 16.0 Å². The number of piperazine rings is 1. The second-order valence-electron chi connectivity index (χ2n) is 4.90. The van der Waals surface area contributed by atoms with E-state index in [1.54, 1.807) is 0 Å². The summed E-state index contributed by atoms with van der Waals surface area (Å²) >= 11 is 0. The number of anilines is 1. The van der Waals surface area contributed by atoms with Crippen LogP contribution in [0.1, 0.15) is 17.3 Å². The smallest absolute Gasteiger partial charge is 0.335 e. The number of nitrogens with zero attached hydrogens (tertiary/aromatic N) is 2. The van der Waals surface area contributed by atoms with Gasteiger partial charge in [0.15, 0.2) is 0 Å². The normalized spacial score (nSPS) is 17.8. The van der Waals surface area contributed by atoms with Gasteiger partial charge in [0, 0.05) is 26.2 Å². The third-order valence-corrected chi connectivity index (χ3v) is 5.63. The zero-order valence-electron chi connectivity index (χ0n) is 11.8. The Labute approximate surface area is 124 Å². The summed E-state index contributed by atoms with van der Waals surface area (Å²) < 4.78 is 26.5. The predicted molar refractivity (Wildman–Crippen MR) is 78.7 cm³/mol. The molecule has 8 heteroatoms. The van der Waals surface area contributed by atoms with Gasteiger partial charge in [0.2, 0.25) is 10.0 Å². The van der Waals surface area contributed by atoms with Gasteiger partial charge in [-0.05, 0) is 24.7 Å². The molecule has 0 amide bonds. The third kappa shape index (κ3) is 3.17. The van der Waals surface area contributed by atoms with Crippen molar-refractivity contribution in [2.75, 3.05) is 38.5 Å². The van der Waals surface area contributed by atoms with Crippen LogP contribution in [0.3, 0.4) is 0 Å². The maximum atomic E-state index is 12.6. The van der Waals surface area contributed by atoms with Gasteiger partial charge in [0.05, 0.1) is 11.3 Å². The number of hydrogen-bond acceptors (Lipinski definition) is 5.